The Hall–Kier alpha value is -3.30. The summed E-state index contributed by atoms with van der Waals surface area (Å²) in [4.78, 5) is 51.5. The van der Waals surface area contributed by atoms with E-state index in [1.165, 1.54) is 12.1 Å². The summed E-state index contributed by atoms with van der Waals surface area (Å²) in [5.74, 6) is -4.08. The summed E-state index contributed by atoms with van der Waals surface area (Å²) < 4.78 is 44.5. The highest BCUT2D eigenvalue weighted by Crippen LogP contribution is 2.23. The number of hydrogen-bond donors (Lipinski definition) is 1. The predicted molar refractivity (Wildman–Crippen MR) is 86.9 cm³/mol. The lowest BCUT2D eigenvalue weighted by molar-refractivity contribution is -0.383. The number of amides is 1. The van der Waals surface area contributed by atoms with Crippen molar-refractivity contribution >= 4 is 28.5 Å². The zero-order valence-corrected chi connectivity index (χ0v) is 13.1. The van der Waals surface area contributed by atoms with Crippen LogP contribution >= 0.6 is 0 Å². The molecule has 0 saturated carbocycles. The van der Waals surface area contributed by atoms with E-state index in [0.717, 1.165) is 20.1 Å². The number of nitrogens with zero attached hydrogens (tertiary/aromatic N) is 3. The summed E-state index contributed by atoms with van der Waals surface area (Å²) in [5.41, 5.74) is 2.91. The number of nitrogens with two attached hydrogens (primary N) is 1. The van der Waals surface area contributed by atoms with Crippen molar-refractivity contribution in [2.45, 2.75) is 25.7 Å². The normalized spacial score (nSPS) is 17.3. The van der Waals surface area contributed by atoms with E-state index in [9.17, 15) is 24.5 Å². The zero-order chi connectivity index (χ0) is 23.2. The molecule has 10 nitrogen and oxygen atoms in total. The van der Waals surface area contributed by atoms with Gasteiger partial charge in [0.15, 0.2) is 0 Å². The number of esters is 1. The number of primary amides is 1. The molecule has 1 amide bonds. The first-order valence-electron chi connectivity index (χ1n) is 9.21. The fourth-order valence-electron chi connectivity index (χ4n) is 2.13. The molecular weight excluding hydrogens is 332 g/mol. The molecular formula is C15H16N4O6. The molecule has 25 heavy (non-hydrogen) atoms. The lowest BCUT2D eigenvalue weighted by atomic mass is 10.1. The van der Waals surface area contributed by atoms with Gasteiger partial charge in [-0.25, -0.2) is 4.98 Å². The topological polar surface area (TPSA) is 147 Å². The SMILES string of the molecule is [2H]C([2H])(C(=O)OC)C([2H])([2H])[C@@]([2H])(C(N)=O)n1c(C)nc2cccc([N+](=O)[O-])c2c1=O. The monoisotopic (exact) mass is 353 g/mol. The maximum absolute atomic E-state index is 13.1. The number of hydrogen-bond acceptors (Lipinski definition) is 7. The lowest BCUT2D eigenvalue weighted by Gasteiger charge is -2.19. The number of aromatic nitrogens is 2. The molecule has 0 saturated heterocycles. The molecule has 0 bridgehead atoms. The van der Waals surface area contributed by atoms with Gasteiger partial charge in [0, 0.05) is 17.9 Å². The quantitative estimate of drug-likeness (QED) is 0.454. The molecule has 1 atom stereocenters. The van der Waals surface area contributed by atoms with Crippen LogP contribution in [0.3, 0.4) is 0 Å². The molecule has 1 heterocycles. The molecule has 1 aromatic heterocycles. The van der Waals surface area contributed by atoms with E-state index >= 15 is 0 Å². The zero-order valence-electron chi connectivity index (χ0n) is 18.1. The summed E-state index contributed by atoms with van der Waals surface area (Å²) >= 11 is 0. The van der Waals surface area contributed by atoms with Gasteiger partial charge in [-0.1, -0.05) is 6.07 Å². The fourth-order valence-corrected chi connectivity index (χ4v) is 2.13. The molecule has 0 aliphatic rings. The van der Waals surface area contributed by atoms with Crippen LogP contribution < -0.4 is 11.3 Å². The average molecular weight is 353 g/mol. The number of nitro groups is 1. The standard InChI is InChI=1S/C15H16N4O6/c1-8-17-9-4-3-5-10(19(23)24)13(9)15(22)18(8)11(14(16)21)6-7-12(20)25-2/h3-5,11H,6-7H2,1-2H3,(H2,16,21)/t11-/m0/s1/i6D2,7D2,11D. The van der Waals surface area contributed by atoms with E-state index < -0.39 is 58.0 Å². The molecule has 2 N–H and O–H groups in total. The molecule has 0 fully saturated rings. The summed E-state index contributed by atoms with van der Waals surface area (Å²) in [6.45, 7) is 1.09. The number of rotatable bonds is 6. The summed E-state index contributed by atoms with van der Waals surface area (Å²) in [6, 6.07) is -0.118. The number of benzene rings is 1. The molecule has 0 aliphatic carbocycles. The van der Waals surface area contributed by atoms with Crippen molar-refractivity contribution in [2.75, 3.05) is 7.11 Å². The largest absolute Gasteiger partial charge is 0.469 e. The van der Waals surface area contributed by atoms with E-state index in [4.69, 9.17) is 12.6 Å². The van der Waals surface area contributed by atoms with Crippen LogP contribution in [0.1, 0.15) is 31.4 Å². The van der Waals surface area contributed by atoms with Crippen LogP contribution in [0.4, 0.5) is 5.69 Å². The van der Waals surface area contributed by atoms with E-state index in [-0.39, 0.29) is 10.1 Å². The first kappa shape index (κ1) is 12.1. The fraction of sp³-hybridized carbons (Fsp3) is 0.333. The van der Waals surface area contributed by atoms with Gasteiger partial charge in [-0.05, 0) is 19.4 Å². The first-order valence-corrected chi connectivity index (χ1v) is 6.71. The number of carbonyl (C=O) groups excluding carboxylic acids is 2. The van der Waals surface area contributed by atoms with Crippen molar-refractivity contribution in [1.82, 2.24) is 9.55 Å². The molecule has 2 aromatic rings. The van der Waals surface area contributed by atoms with Crippen LogP contribution in [0.15, 0.2) is 23.0 Å². The Bertz CT molecular complexity index is 1130. The van der Waals surface area contributed by atoms with Gasteiger partial charge >= 0.3 is 5.97 Å². The minimum absolute atomic E-state index is 0.103. The van der Waals surface area contributed by atoms with Crippen LogP contribution in [0.2, 0.25) is 0 Å². The van der Waals surface area contributed by atoms with Crippen molar-refractivity contribution in [2.24, 2.45) is 5.73 Å². The van der Waals surface area contributed by atoms with Gasteiger partial charge in [0.2, 0.25) is 5.91 Å². The van der Waals surface area contributed by atoms with Crippen LogP contribution in [-0.4, -0.2) is 33.5 Å². The molecule has 0 radical (unpaired) electrons. The van der Waals surface area contributed by atoms with Gasteiger partial charge in [0.05, 0.1) is 18.9 Å². The second-order valence-electron chi connectivity index (χ2n) is 4.68. The van der Waals surface area contributed by atoms with Crippen LogP contribution in [0, 0.1) is 17.0 Å². The van der Waals surface area contributed by atoms with Crippen LogP contribution in [0.5, 0.6) is 0 Å². The van der Waals surface area contributed by atoms with E-state index in [2.05, 4.69) is 9.72 Å². The van der Waals surface area contributed by atoms with Crippen molar-refractivity contribution in [3.8, 4) is 0 Å². The molecule has 0 spiro atoms. The first-order chi connectivity index (χ1) is 13.7. The summed E-state index contributed by atoms with van der Waals surface area (Å²) in [5, 5.41) is 10.7. The summed E-state index contributed by atoms with van der Waals surface area (Å²) in [6.07, 6.45) is -7.39. The smallest absolute Gasteiger partial charge is 0.305 e. The van der Waals surface area contributed by atoms with Crippen LogP contribution in [-0.2, 0) is 14.3 Å². The predicted octanol–water partition coefficient (Wildman–Crippen LogP) is 0.593. The number of ether oxygens (including phenoxy) is 1. The molecule has 10 heteroatoms. The Balaban J connectivity index is 3.05. The highest BCUT2D eigenvalue weighted by atomic mass is 16.6. The highest BCUT2D eigenvalue weighted by Gasteiger charge is 2.26. The van der Waals surface area contributed by atoms with Gasteiger partial charge in [-0.15, -0.1) is 0 Å². The Morgan fingerprint density at radius 3 is 2.80 bits per heavy atom. The number of aryl methyl sites for hydroxylation is 1. The van der Waals surface area contributed by atoms with E-state index in [0.29, 0.717) is 0 Å². The Labute approximate surface area is 148 Å². The lowest BCUT2D eigenvalue weighted by Crippen LogP contribution is -2.36. The van der Waals surface area contributed by atoms with Crippen molar-refractivity contribution in [1.29, 1.82) is 0 Å². The van der Waals surface area contributed by atoms with Crippen molar-refractivity contribution in [3.05, 3.63) is 44.5 Å². The third-order valence-corrected chi connectivity index (χ3v) is 3.17. The second-order valence-corrected chi connectivity index (χ2v) is 4.68. The third kappa shape index (κ3) is 3.47. The number of fused-ring (bicyclic) bond motifs is 1. The number of nitro benzene ring substituents is 1. The maximum atomic E-state index is 13.1. The number of carbonyl (C=O) groups is 2. The molecule has 1 aromatic carbocycles. The molecule has 2 rings (SSSR count). The highest BCUT2D eigenvalue weighted by molar-refractivity contribution is 5.87. The number of non-ortho nitro benzene ring substituents is 1. The molecule has 0 unspecified atom stereocenters. The Morgan fingerprint density at radius 1 is 1.56 bits per heavy atom. The minimum atomic E-state index is -3.77. The van der Waals surface area contributed by atoms with Gasteiger partial charge in [-0.3, -0.25) is 29.1 Å². The average Bonchev–Trinajstić information content (AvgIpc) is 2.65. The van der Waals surface area contributed by atoms with E-state index in [1.54, 1.807) is 0 Å². The van der Waals surface area contributed by atoms with Gasteiger partial charge in [0.25, 0.3) is 11.2 Å². The van der Waals surface area contributed by atoms with E-state index in [1.807, 2.05) is 0 Å². The van der Waals surface area contributed by atoms with Gasteiger partial charge in [-0.2, -0.15) is 0 Å². The Kier molecular flexibility index (Phi) is 3.43. The minimum Gasteiger partial charge on any atom is -0.469 e. The Morgan fingerprint density at radius 2 is 2.24 bits per heavy atom. The van der Waals surface area contributed by atoms with Crippen molar-refractivity contribution < 1.29 is 26.1 Å². The molecule has 132 valence electrons. The maximum Gasteiger partial charge on any atom is 0.305 e. The van der Waals surface area contributed by atoms with Crippen LogP contribution in [0.25, 0.3) is 10.9 Å². The summed E-state index contributed by atoms with van der Waals surface area (Å²) in [7, 11) is 0.754. The molecule has 0 aliphatic heterocycles. The number of methoxy groups -OCH3 is 1. The third-order valence-electron chi connectivity index (χ3n) is 3.17. The van der Waals surface area contributed by atoms with Crippen molar-refractivity contribution in [3.63, 3.8) is 0 Å². The second kappa shape index (κ2) is 7.07. The van der Waals surface area contributed by atoms with Gasteiger partial charge in [0.1, 0.15) is 17.2 Å². The van der Waals surface area contributed by atoms with Gasteiger partial charge < -0.3 is 10.5 Å².